The highest BCUT2D eigenvalue weighted by Gasteiger charge is 2.20. The first-order valence-corrected chi connectivity index (χ1v) is 18.9. The van der Waals surface area contributed by atoms with Gasteiger partial charge in [-0.15, -0.1) is 0 Å². The Bertz CT molecular complexity index is 2970. The van der Waals surface area contributed by atoms with Crippen molar-refractivity contribution in [2.24, 2.45) is 0 Å². The van der Waals surface area contributed by atoms with Crippen molar-refractivity contribution in [3.63, 3.8) is 0 Å². The Hall–Kier alpha value is -6.76. The Morgan fingerprint density at radius 1 is 0.241 bits per heavy atom. The molecule has 0 saturated heterocycles. The molecule has 0 amide bonds. The van der Waals surface area contributed by atoms with Gasteiger partial charge in [0.1, 0.15) is 0 Å². The predicted octanol–water partition coefficient (Wildman–Crippen LogP) is 15.3. The molecule has 0 spiro atoms. The molecule has 0 aliphatic carbocycles. The molecule has 0 nitrogen and oxygen atoms in total. The second-order valence-corrected chi connectivity index (χ2v) is 14.5. The second kappa shape index (κ2) is 13.0. The minimum Gasteiger partial charge on any atom is -0.0622 e. The van der Waals surface area contributed by atoms with Crippen LogP contribution in [-0.4, -0.2) is 0 Å². The summed E-state index contributed by atoms with van der Waals surface area (Å²) >= 11 is 0. The van der Waals surface area contributed by atoms with Crippen molar-refractivity contribution in [1.29, 1.82) is 0 Å². The topological polar surface area (TPSA) is 0 Å². The summed E-state index contributed by atoms with van der Waals surface area (Å²) in [4.78, 5) is 0. The van der Waals surface area contributed by atoms with Gasteiger partial charge in [0.2, 0.25) is 0 Å². The van der Waals surface area contributed by atoms with Gasteiger partial charge in [-0.25, -0.2) is 0 Å². The molecular formula is C54H38. The van der Waals surface area contributed by atoms with Crippen LogP contribution in [0.3, 0.4) is 0 Å². The van der Waals surface area contributed by atoms with E-state index in [0.29, 0.717) is 0 Å². The molecule has 0 bridgehead atoms. The summed E-state index contributed by atoms with van der Waals surface area (Å²) in [5.41, 5.74) is 15.1. The van der Waals surface area contributed by atoms with Gasteiger partial charge in [0.25, 0.3) is 0 Å². The lowest BCUT2D eigenvalue weighted by molar-refractivity contribution is 1.39. The third-order valence-electron chi connectivity index (χ3n) is 11.2. The Labute approximate surface area is 316 Å². The molecule has 0 unspecified atom stereocenters. The summed E-state index contributed by atoms with van der Waals surface area (Å²) in [5.74, 6) is 0. The first-order valence-electron chi connectivity index (χ1n) is 18.9. The zero-order chi connectivity index (χ0) is 36.2. The fraction of sp³-hybridized carbons (Fsp3) is 0.0370. The van der Waals surface area contributed by atoms with Crippen LogP contribution in [0.5, 0.6) is 0 Å². The average molecular weight is 687 g/mol. The number of aryl methyl sites for hydroxylation is 2. The number of rotatable bonds is 5. The van der Waals surface area contributed by atoms with Crippen molar-refractivity contribution < 1.29 is 0 Å². The van der Waals surface area contributed by atoms with E-state index in [1.807, 2.05) is 0 Å². The monoisotopic (exact) mass is 686 g/mol. The lowest BCUT2D eigenvalue weighted by atomic mass is 9.83. The summed E-state index contributed by atoms with van der Waals surface area (Å²) in [6.07, 6.45) is 0. The van der Waals surface area contributed by atoms with E-state index in [1.165, 1.54) is 110 Å². The van der Waals surface area contributed by atoms with E-state index in [0.717, 1.165) is 0 Å². The summed E-state index contributed by atoms with van der Waals surface area (Å²) < 4.78 is 0. The van der Waals surface area contributed by atoms with Gasteiger partial charge in [-0.2, -0.15) is 0 Å². The minimum absolute atomic E-state index is 1.22. The molecule has 0 heteroatoms. The lowest BCUT2D eigenvalue weighted by Crippen LogP contribution is -1.93. The molecule has 0 aliphatic heterocycles. The number of hydrogen-bond donors (Lipinski definition) is 0. The zero-order valence-corrected chi connectivity index (χ0v) is 30.5. The molecule has 10 aromatic carbocycles. The van der Waals surface area contributed by atoms with Gasteiger partial charge in [-0.05, 0) is 124 Å². The van der Waals surface area contributed by atoms with Gasteiger partial charge in [0.15, 0.2) is 0 Å². The smallest absolute Gasteiger partial charge is 0.00237 e. The molecule has 0 N–H and O–H groups in total. The number of benzene rings is 10. The quantitative estimate of drug-likeness (QED) is 0.158. The zero-order valence-electron chi connectivity index (χ0n) is 30.5. The summed E-state index contributed by atoms with van der Waals surface area (Å²) in [6, 6.07) is 71.6. The van der Waals surface area contributed by atoms with Gasteiger partial charge >= 0.3 is 0 Å². The molecule has 0 atom stereocenters. The van der Waals surface area contributed by atoms with Crippen molar-refractivity contribution in [3.05, 3.63) is 205 Å². The Kier molecular flexibility index (Phi) is 7.70. The maximum Gasteiger partial charge on any atom is -0.00237 e. The van der Waals surface area contributed by atoms with E-state index in [1.54, 1.807) is 0 Å². The van der Waals surface area contributed by atoms with Crippen LogP contribution in [0.4, 0.5) is 0 Å². The van der Waals surface area contributed by atoms with E-state index in [-0.39, 0.29) is 0 Å². The Morgan fingerprint density at radius 3 is 1.09 bits per heavy atom. The summed E-state index contributed by atoms with van der Waals surface area (Å²) in [5, 5.41) is 10.2. The molecule has 0 saturated carbocycles. The first kappa shape index (κ1) is 31.9. The molecular weight excluding hydrogens is 649 g/mol. The number of fused-ring (bicyclic) bond motifs is 4. The lowest BCUT2D eigenvalue weighted by Gasteiger charge is -2.20. The second-order valence-electron chi connectivity index (χ2n) is 14.5. The largest absolute Gasteiger partial charge is 0.0622 e. The van der Waals surface area contributed by atoms with E-state index in [4.69, 9.17) is 0 Å². The third-order valence-corrected chi connectivity index (χ3v) is 11.2. The Morgan fingerprint density at radius 2 is 0.611 bits per heavy atom. The van der Waals surface area contributed by atoms with Gasteiger partial charge < -0.3 is 0 Å². The van der Waals surface area contributed by atoms with Crippen LogP contribution >= 0.6 is 0 Å². The summed E-state index contributed by atoms with van der Waals surface area (Å²) in [6.45, 7) is 4.41. The maximum atomic E-state index is 2.40. The molecule has 0 radical (unpaired) electrons. The molecule has 10 rings (SSSR count). The SMILES string of the molecule is Cc1ccc(-c2c3ccccc3c(-c3ccc(-c4c5ccccc5c(-c5ccccc5)c5cc(-c6ccccc6)ccc45)cc3)c3ccccc23)c(C)c1. The van der Waals surface area contributed by atoms with E-state index < -0.39 is 0 Å². The minimum atomic E-state index is 1.22. The fourth-order valence-electron chi connectivity index (χ4n) is 8.84. The molecule has 254 valence electrons. The highest BCUT2D eigenvalue weighted by molar-refractivity contribution is 6.23. The molecule has 54 heavy (non-hydrogen) atoms. The van der Waals surface area contributed by atoms with Crippen LogP contribution in [0.1, 0.15) is 11.1 Å². The van der Waals surface area contributed by atoms with Crippen molar-refractivity contribution in [3.8, 4) is 55.6 Å². The van der Waals surface area contributed by atoms with Crippen LogP contribution < -0.4 is 0 Å². The highest BCUT2D eigenvalue weighted by Crippen LogP contribution is 2.47. The van der Waals surface area contributed by atoms with E-state index in [9.17, 15) is 0 Å². The van der Waals surface area contributed by atoms with Gasteiger partial charge in [-0.1, -0.05) is 194 Å². The molecule has 0 aromatic heterocycles. The molecule has 0 fully saturated rings. The molecule has 0 aliphatic rings. The molecule has 10 aromatic rings. The van der Waals surface area contributed by atoms with Crippen LogP contribution in [0.15, 0.2) is 194 Å². The van der Waals surface area contributed by atoms with Crippen molar-refractivity contribution in [2.45, 2.75) is 13.8 Å². The van der Waals surface area contributed by atoms with Gasteiger partial charge in [0, 0.05) is 0 Å². The first-order chi connectivity index (χ1) is 26.6. The predicted molar refractivity (Wildman–Crippen MR) is 233 cm³/mol. The standard InChI is InChI=1S/C54H38/c1-35-25-31-42(36(2)33-35)54-47-23-13-11-21-45(47)51(46-22-12-14-24-48(46)54)39-26-28-40(29-27-39)52-43-19-9-10-20-44(43)53(38-17-7-4-8-18-38)50-34-41(30-32-49(50)52)37-15-5-3-6-16-37/h3-34H,1-2H3. The molecule has 0 heterocycles. The fourth-order valence-corrected chi connectivity index (χ4v) is 8.84. The van der Waals surface area contributed by atoms with Crippen LogP contribution in [0.25, 0.3) is 98.7 Å². The van der Waals surface area contributed by atoms with Crippen LogP contribution in [-0.2, 0) is 0 Å². The normalized spacial score (nSPS) is 11.5. The average Bonchev–Trinajstić information content (AvgIpc) is 3.23. The number of hydrogen-bond acceptors (Lipinski definition) is 0. The van der Waals surface area contributed by atoms with Crippen molar-refractivity contribution in [1.82, 2.24) is 0 Å². The van der Waals surface area contributed by atoms with E-state index >= 15 is 0 Å². The third kappa shape index (κ3) is 5.22. The highest BCUT2D eigenvalue weighted by atomic mass is 14.2. The van der Waals surface area contributed by atoms with Crippen molar-refractivity contribution in [2.75, 3.05) is 0 Å². The van der Waals surface area contributed by atoms with Gasteiger partial charge in [-0.3, -0.25) is 0 Å². The summed E-state index contributed by atoms with van der Waals surface area (Å²) in [7, 11) is 0. The van der Waals surface area contributed by atoms with Crippen LogP contribution in [0, 0.1) is 13.8 Å². The Balaban J connectivity index is 1.21. The van der Waals surface area contributed by atoms with Gasteiger partial charge in [0.05, 0.1) is 0 Å². The maximum absolute atomic E-state index is 2.40. The van der Waals surface area contributed by atoms with Crippen molar-refractivity contribution >= 4 is 43.1 Å². The van der Waals surface area contributed by atoms with Crippen LogP contribution in [0.2, 0.25) is 0 Å². The van der Waals surface area contributed by atoms with E-state index in [2.05, 4.69) is 208 Å².